The van der Waals surface area contributed by atoms with E-state index in [1.165, 1.54) is 0 Å². The van der Waals surface area contributed by atoms with Gasteiger partial charge in [-0.1, -0.05) is 37.3 Å². The Morgan fingerprint density at radius 1 is 1.06 bits per heavy atom. The second kappa shape index (κ2) is 10.7. The standard InChI is InChI=1S/C22H20F2N2O4.ClH/c1-2-19(22(27)28)30-21-18(24)11-17(23)20(26-21)29-16-8-4-7-15(10-16)14-6-3-5-13(9-14)12-25;/h3-11,19H,2,12,25H2,1H3,(H,27,28);1H. The van der Waals surface area contributed by atoms with Crippen molar-refractivity contribution >= 4 is 18.4 Å². The van der Waals surface area contributed by atoms with Crippen molar-refractivity contribution in [2.45, 2.75) is 26.0 Å². The van der Waals surface area contributed by atoms with Crippen LogP contribution in [0.3, 0.4) is 0 Å². The fourth-order valence-corrected chi connectivity index (χ4v) is 2.76. The van der Waals surface area contributed by atoms with Gasteiger partial charge in [0.15, 0.2) is 17.7 Å². The predicted molar refractivity (Wildman–Crippen MR) is 114 cm³/mol. The molecule has 6 nitrogen and oxygen atoms in total. The molecule has 3 rings (SSSR count). The smallest absolute Gasteiger partial charge is 0.344 e. The molecule has 1 heterocycles. The van der Waals surface area contributed by atoms with Crippen molar-refractivity contribution in [3.63, 3.8) is 0 Å². The van der Waals surface area contributed by atoms with Gasteiger partial charge in [0.2, 0.25) is 0 Å². The third-order valence-electron chi connectivity index (χ3n) is 4.31. The molecule has 0 aliphatic rings. The van der Waals surface area contributed by atoms with Crippen LogP contribution >= 0.6 is 12.4 Å². The summed E-state index contributed by atoms with van der Waals surface area (Å²) in [6.45, 7) is 1.95. The zero-order valence-corrected chi connectivity index (χ0v) is 17.4. The first-order valence-electron chi connectivity index (χ1n) is 9.24. The number of halogens is 3. The molecule has 1 aromatic heterocycles. The first kappa shape index (κ1) is 24.0. The van der Waals surface area contributed by atoms with Gasteiger partial charge >= 0.3 is 5.97 Å². The van der Waals surface area contributed by atoms with Gasteiger partial charge < -0.3 is 20.3 Å². The Kier molecular flexibility index (Phi) is 8.30. The van der Waals surface area contributed by atoms with Crippen LogP contribution in [-0.2, 0) is 11.3 Å². The number of rotatable bonds is 8. The second-order valence-corrected chi connectivity index (χ2v) is 6.45. The highest BCUT2D eigenvalue weighted by molar-refractivity contribution is 5.85. The molecule has 0 amide bonds. The van der Waals surface area contributed by atoms with Gasteiger partial charge in [-0.15, -0.1) is 12.4 Å². The molecule has 2 aromatic carbocycles. The number of aliphatic carboxylic acids is 1. The van der Waals surface area contributed by atoms with Gasteiger partial charge in [-0.2, -0.15) is 4.98 Å². The first-order valence-corrected chi connectivity index (χ1v) is 9.24. The lowest BCUT2D eigenvalue weighted by atomic mass is 10.0. The SMILES string of the molecule is CCC(Oc1nc(Oc2cccc(-c3cccc(CN)c3)c2)c(F)cc1F)C(=O)O.Cl. The Bertz CT molecular complexity index is 1070. The second-order valence-electron chi connectivity index (χ2n) is 6.45. The van der Waals surface area contributed by atoms with Crippen LogP contribution < -0.4 is 15.2 Å². The number of pyridine rings is 1. The van der Waals surface area contributed by atoms with E-state index in [-0.39, 0.29) is 24.6 Å². The summed E-state index contributed by atoms with van der Waals surface area (Å²) in [5.41, 5.74) is 8.34. The highest BCUT2D eigenvalue weighted by Gasteiger charge is 2.22. The van der Waals surface area contributed by atoms with Gasteiger partial charge in [-0.05, 0) is 41.3 Å². The Balaban J connectivity index is 0.00000341. The average Bonchev–Trinajstić information content (AvgIpc) is 2.74. The third-order valence-corrected chi connectivity index (χ3v) is 4.31. The topological polar surface area (TPSA) is 94.7 Å². The highest BCUT2D eigenvalue weighted by Crippen LogP contribution is 2.30. The monoisotopic (exact) mass is 450 g/mol. The highest BCUT2D eigenvalue weighted by atomic mass is 35.5. The van der Waals surface area contributed by atoms with Crippen LogP contribution in [0.25, 0.3) is 11.1 Å². The molecular formula is C22H21ClF2N2O4. The molecule has 9 heteroatoms. The minimum atomic E-state index is -1.32. The molecule has 3 N–H and O–H groups in total. The number of carboxylic acids is 1. The largest absolute Gasteiger partial charge is 0.479 e. The first-order chi connectivity index (χ1) is 14.4. The lowest BCUT2D eigenvalue weighted by Crippen LogP contribution is -2.26. The van der Waals surface area contributed by atoms with Crippen molar-refractivity contribution < 1.29 is 28.2 Å². The molecule has 3 aromatic rings. The predicted octanol–water partition coefficient (Wildman–Crippen LogP) is 4.94. The summed E-state index contributed by atoms with van der Waals surface area (Å²) in [6, 6.07) is 15.0. The fraction of sp³-hybridized carbons (Fsp3) is 0.182. The molecule has 0 radical (unpaired) electrons. The molecule has 0 aliphatic carbocycles. The zero-order valence-electron chi connectivity index (χ0n) is 16.5. The van der Waals surface area contributed by atoms with Gasteiger partial charge in [0.25, 0.3) is 11.8 Å². The van der Waals surface area contributed by atoms with Gasteiger partial charge in [0.05, 0.1) is 0 Å². The van der Waals surface area contributed by atoms with E-state index in [1.54, 1.807) is 25.1 Å². The quantitative estimate of drug-likeness (QED) is 0.504. The Morgan fingerprint density at radius 2 is 1.71 bits per heavy atom. The number of nitrogens with two attached hydrogens (primary N) is 1. The van der Waals surface area contributed by atoms with E-state index in [4.69, 9.17) is 20.3 Å². The van der Waals surface area contributed by atoms with E-state index < -0.39 is 35.5 Å². The summed E-state index contributed by atoms with van der Waals surface area (Å²) >= 11 is 0. The van der Waals surface area contributed by atoms with Gasteiger partial charge in [-0.25, -0.2) is 13.6 Å². The molecule has 1 atom stereocenters. The summed E-state index contributed by atoms with van der Waals surface area (Å²) in [4.78, 5) is 14.8. The van der Waals surface area contributed by atoms with Crippen LogP contribution in [0.15, 0.2) is 54.6 Å². The number of benzene rings is 2. The summed E-state index contributed by atoms with van der Waals surface area (Å²) in [5, 5.41) is 9.07. The number of ether oxygens (including phenoxy) is 2. The number of carboxylic acid groups (broad SMARTS) is 1. The minimum Gasteiger partial charge on any atom is -0.479 e. The molecule has 0 bridgehead atoms. The maximum absolute atomic E-state index is 14.2. The molecule has 0 spiro atoms. The fourth-order valence-electron chi connectivity index (χ4n) is 2.76. The van der Waals surface area contributed by atoms with Crippen LogP contribution in [0.2, 0.25) is 0 Å². The Morgan fingerprint density at radius 3 is 2.35 bits per heavy atom. The molecule has 164 valence electrons. The van der Waals surface area contributed by atoms with Crippen molar-refractivity contribution in [3.8, 4) is 28.6 Å². The van der Waals surface area contributed by atoms with Crippen LogP contribution in [0, 0.1) is 11.6 Å². The van der Waals surface area contributed by atoms with E-state index >= 15 is 0 Å². The van der Waals surface area contributed by atoms with Crippen molar-refractivity contribution in [1.29, 1.82) is 0 Å². The number of hydrogen-bond acceptors (Lipinski definition) is 5. The van der Waals surface area contributed by atoms with E-state index in [0.29, 0.717) is 12.6 Å². The summed E-state index contributed by atoms with van der Waals surface area (Å²) in [5.74, 6) is -4.35. The summed E-state index contributed by atoms with van der Waals surface area (Å²) < 4.78 is 38.8. The number of aromatic nitrogens is 1. The van der Waals surface area contributed by atoms with Crippen LogP contribution in [-0.4, -0.2) is 22.2 Å². The number of carbonyl (C=O) groups is 1. The maximum Gasteiger partial charge on any atom is 0.344 e. The summed E-state index contributed by atoms with van der Waals surface area (Å²) in [6.07, 6.45) is -1.24. The van der Waals surface area contributed by atoms with Crippen molar-refractivity contribution in [2.75, 3.05) is 0 Å². The van der Waals surface area contributed by atoms with E-state index in [2.05, 4.69) is 4.98 Å². The van der Waals surface area contributed by atoms with Crippen molar-refractivity contribution in [1.82, 2.24) is 4.98 Å². The van der Waals surface area contributed by atoms with Gasteiger partial charge in [0, 0.05) is 12.6 Å². The van der Waals surface area contributed by atoms with Crippen molar-refractivity contribution in [3.05, 3.63) is 71.8 Å². The van der Waals surface area contributed by atoms with Crippen LogP contribution in [0.4, 0.5) is 8.78 Å². The maximum atomic E-state index is 14.2. The number of hydrogen-bond donors (Lipinski definition) is 2. The molecule has 31 heavy (non-hydrogen) atoms. The minimum absolute atomic E-state index is 0. The normalized spacial score (nSPS) is 11.4. The lowest BCUT2D eigenvalue weighted by molar-refractivity contribution is -0.145. The van der Waals surface area contributed by atoms with E-state index in [0.717, 1.165) is 16.7 Å². The molecule has 0 fully saturated rings. The third kappa shape index (κ3) is 5.90. The lowest BCUT2D eigenvalue weighted by Gasteiger charge is -2.14. The van der Waals surface area contributed by atoms with Crippen LogP contribution in [0.5, 0.6) is 17.5 Å². The Labute approximate surface area is 184 Å². The molecular weight excluding hydrogens is 430 g/mol. The molecule has 0 saturated carbocycles. The molecule has 0 saturated heterocycles. The van der Waals surface area contributed by atoms with Crippen molar-refractivity contribution in [2.24, 2.45) is 5.73 Å². The van der Waals surface area contributed by atoms with Gasteiger partial charge in [-0.3, -0.25) is 0 Å². The Hall–Kier alpha value is -3.23. The number of nitrogens with zero attached hydrogens (tertiary/aromatic N) is 1. The summed E-state index contributed by atoms with van der Waals surface area (Å²) in [7, 11) is 0. The molecule has 0 aliphatic heterocycles. The molecule has 1 unspecified atom stereocenters. The average molecular weight is 451 g/mol. The van der Waals surface area contributed by atoms with Crippen LogP contribution in [0.1, 0.15) is 18.9 Å². The van der Waals surface area contributed by atoms with Gasteiger partial charge in [0.1, 0.15) is 5.75 Å². The zero-order chi connectivity index (χ0) is 21.7. The van der Waals surface area contributed by atoms with E-state index in [9.17, 15) is 13.6 Å². The van der Waals surface area contributed by atoms with E-state index in [1.807, 2.05) is 30.3 Å².